The summed E-state index contributed by atoms with van der Waals surface area (Å²) in [4.78, 5) is 0. The summed E-state index contributed by atoms with van der Waals surface area (Å²) in [5.41, 5.74) is 2.47. The third-order valence-corrected chi connectivity index (χ3v) is 4.66. The zero-order chi connectivity index (χ0) is 13.2. The standard InChI is InChI=1S/C16H13BrOS/c1-11-6-7-15(14(17)8-11)18-9-12-10-19-16-5-3-2-4-13(12)16/h2-8,10H,9H2,1H3. The molecular weight excluding hydrogens is 320 g/mol. The molecule has 0 amide bonds. The molecule has 0 aliphatic heterocycles. The van der Waals surface area contributed by atoms with Gasteiger partial charge >= 0.3 is 0 Å². The van der Waals surface area contributed by atoms with Gasteiger partial charge in [0.25, 0.3) is 0 Å². The summed E-state index contributed by atoms with van der Waals surface area (Å²) in [5.74, 6) is 0.890. The van der Waals surface area contributed by atoms with Gasteiger partial charge in [-0.15, -0.1) is 11.3 Å². The van der Waals surface area contributed by atoms with E-state index in [1.54, 1.807) is 11.3 Å². The first-order valence-corrected chi connectivity index (χ1v) is 7.75. The van der Waals surface area contributed by atoms with E-state index < -0.39 is 0 Å². The van der Waals surface area contributed by atoms with E-state index >= 15 is 0 Å². The predicted octanol–water partition coefficient (Wildman–Crippen LogP) is 5.55. The molecule has 0 saturated carbocycles. The minimum Gasteiger partial charge on any atom is -0.488 e. The lowest BCUT2D eigenvalue weighted by Gasteiger charge is -2.08. The summed E-state index contributed by atoms with van der Waals surface area (Å²) in [5, 5.41) is 3.46. The zero-order valence-corrected chi connectivity index (χ0v) is 12.9. The summed E-state index contributed by atoms with van der Waals surface area (Å²) in [6.45, 7) is 2.67. The highest BCUT2D eigenvalue weighted by atomic mass is 79.9. The molecule has 0 aliphatic rings. The lowest BCUT2D eigenvalue weighted by molar-refractivity contribution is 0.306. The van der Waals surface area contributed by atoms with Gasteiger partial charge in [0.1, 0.15) is 12.4 Å². The topological polar surface area (TPSA) is 9.23 Å². The molecule has 0 N–H and O–H groups in total. The number of aryl methyl sites for hydroxylation is 1. The van der Waals surface area contributed by atoms with Gasteiger partial charge in [-0.05, 0) is 57.4 Å². The van der Waals surface area contributed by atoms with Crippen LogP contribution in [0.2, 0.25) is 0 Å². The van der Waals surface area contributed by atoms with E-state index in [0.717, 1.165) is 10.2 Å². The van der Waals surface area contributed by atoms with Crippen molar-refractivity contribution in [1.82, 2.24) is 0 Å². The van der Waals surface area contributed by atoms with Crippen molar-refractivity contribution in [1.29, 1.82) is 0 Å². The highest BCUT2D eigenvalue weighted by molar-refractivity contribution is 9.10. The molecule has 3 rings (SSSR count). The largest absolute Gasteiger partial charge is 0.488 e. The molecule has 0 fully saturated rings. The third-order valence-electron chi connectivity index (χ3n) is 3.03. The average Bonchev–Trinajstić information content (AvgIpc) is 2.81. The van der Waals surface area contributed by atoms with Crippen LogP contribution in [0, 0.1) is 6.92 Å². The third kappa shape index (κ3) is 2.67. The smallest absolute Gasteiger partial charge is 0.134 e. The first-order valence-electron chi connectivity index (χ1n) is 6.08. The van der Waals surface area contributed by atoms with Gasteiger partial charge in [-0.2, -0.15) is 0 Å². The Morgan fingerprint density at radius 1 is 1.16 bits per heavy atom. The molecule has 2 aromatic carbocycles. The highest BCUT2D eigenvalue weighted by Crippen LogP contribution is 2.29. The number of ether oxygens (including phenoxy) is 1. The number of halogens is 1. The first-order chi connectivity index (χ1) is 9.24. The van der Waals surface area contributed by atoms with Crippen molar-refractivity contribution in [2.24, 2.45) is 0 Å². The van der Waals surface area contributed by atoms with E-state index in [4.69, 9.17) is 4.74 Å². The Balaban J connectivity index is 1.82. The first kappa shape index (κ1) is 12.7. The monoisotopic (exact) mass is 332 g/mol. The molecule has 0 radical (unpaired) electrons. The summed E-state index contributed by atoms with van der Waals surface area (Å²) in [6, 6.07) is 14.6. The van der Waals surface area contributed by atoms with E-state index in [1.807, 2.05) is 6.07 Å². The van der Waals surface area contributed by atoms with Crippen molar-refractivity contribution in [2.45, 2.75) is 13.5 Å². The number of benzene rings is 2. The maximum absolute atomic E-state index is 5.90. The molecule has 0 unspecified atom stereocenters. The van der Waals surface area contributed by atoms with Gasteiger partial charge in [0.2, 0.25) is 0 Å². The van der Waals surface area contributed by atoms with Crippen molar-refractivity contribution in [2.75, 3.05) is 0 Å². The molecule has 0 atom stereocenters. The molecular formula is C16H13BrOS. The maximum Gasteiger partial charge on any atom is 0.134 e. The van der Waals surface area contributed by atoms with Crippen LogP contribution in [-0.4, -0.2) is 0 Å². The van der Waals surface area contributed by atoms with Crippen LogP contribution in [0.4, 0.5) is 0 Å². The molecule has 0 aliphatic carbocycles. The van der Waals surface area contributed by atoms with E-state index in [-0.39, 0.29) is 0 Å². The van der Waals surface area contributed by atoms with Crippen LogP contribution in [0.1, 0.15) is 11.1 Å². The molecule has 3 aromatic rings. The number of fused-ring (bicyclic) bond motifs is 1. The second kappa shape index (κ2) is 5.35. The van der Waals surface area contributed by atoms with Gasteiger partial charge in [0.15, 0.2) is 0 Å². The zero-order valence-electron chi connectivity index (χ0n) is 10.5. The Labute approximate surface area is 125 Å². The number of rotatable bonds is 3. The fourth-order valence-electron chi connectivity index (χ4n) is 2.02. The molecule has 1 aromatic heterocycles. The van der Waals surface area contributed by atoms with Gasteiger partial charge in [-0.1, -0.05) is 24.3 Å². The van der Waals surface area contributed by atoms with Crippen molar-refractivity contribution >= 4 is 37.4 Å². The quantitative estimate of drug-likeness (QED) is 0.610. The van der Waals surface area contributed by atoms with Crippen LogP contribution < -0.4 is 4.74 Å². The maximum atomic E-state index is 5.90. The molecule has 19 heavy (non-hydrogen) atoms. The van der Waals surface area contributed by atoms with Gasteiger partial charge in [0.05, 0.1) is 4.47 Å². The van der Waals surface area contributed by atoms with E-state index in [2.05, 4.69) is 64.6 Å². The lowest BCUT2D eigenvalue weighted by Crippen LogP contribution is -1.95. The Hall–Kier alpha value is -1.32. The fraction of sp³-hybridized carbons (Fsp3) is 0.125. The summed E-state index contributed by atoms with van der Waals surface area (Å²) >= 11 is 5.30. The summed E-state index contributed by atoms with van der Waals surface area (Å²) < 4.78 is 8.22. The minimum atomic E-state index is 0.603. The predicted molar refractivity (Wildman–Crippen MR) is 85.0 cm³/mol. The van der Waals surface area contributed by atoms with Crippen LogP contribution in [0.3, 0.4) is 0 Å². The van der Waals surface area contributed by atoms with Gasteiger partial charge < -0.3 is 4.74 Å². The summed E-state index contributed by atoms with van der Waals surface area (Å²) in [7, 11) is 0. The van der Waals surface area contributed by atoms with Gasteiger partial charge in [-0.25, -0.2) is 0 Å². The van der Waals surface area contributed by atoms with E-state index in [1.165, 1.54) is 21.2 Å². The Morgan fingerprint density at radius 2 is 2.00 bits per heavy atom. The molecule has 1 nitrogen and oxygen atoms in total. The molecule has 96 valence electrons. The van der Waals surface area contributed by atoms with Crippen LogP contribution in [0.15, 0.2) is 52.3 Å². The molecule has 0 spiro atoms. The molecule has 3 heteroatoms. The van der Waals surface area contributed by atoms with E-state index in [0.29, 0.717) is 6.61 Å². The SMILES string of the molecule is Cc1ccc(OCc2csc3ccccc23)c(Br)c1. The van der Waals surface area contributed by atoms with E-state index in [9.17, 15) is 0 Å². The number of hydrogen-bond acceptors (Lipinski definition) is 2. The van der Waals surface area contributed by atoms with Crippen LogP contribution in [0.5, 0.6) is 5.75 Å². The molecule has 1 heterocycles. The number of thiophene rings is 1. The fourth-order valence-corrected chi connectivity index (χ4v) is 3.58. The minimum absolute atomic E-state index is 0.603. The van der Waals surface area contributed by atoms with Crippen LogP contribution in [0.25, 0.3) is 10.1 Å². The van der Waals surface area contributed by atoms with Crippen molar-refractivity contribution in [3.05, 3.63) is 63.4 Å². The average molecular weight is 333 g/mol. The second-order valence-corrected chi connectivity index (χ2v) is 6.25. The second-order valence-electron chi connectivity index (χ2n) is 4.48. The molecule has 0 saturated heterocycles. The van der Waals surface area contributed by atoms with Crippen molar-refractivity contribution in [3.63, 3.8) is 0 Å². The van der Waals surface area contributed by atoms with Crippen molar-refractivity contribution in [3.8, 4) is 5.75 Å². The Bertz CT molecular complexity index is 718. The van der Waals surface area contributed by atoms with Crippen molar-refractivity contribution < 1.29 is 4.74 Å². The molecule has 0 bridgehead atoms. The number of hydrogen-bond donors (Lipinski definition) is 0. The normalized spacial score (nSPS) is 10.8. The van der Waals surface area contributed by atoms with Gasteiger partial charge in [0, 0.05) is 10.3 Å². The highest BCUT2D eigenvalue weighted by Gasteiger charge is 2.06. The Kier molecular flexibility index (Phi) is 3.58. The van der Waals surface area contributed by atoms with Gasteiger partial charge in [-0.3, -0.25) is 0 Å². The Morgan fingerprint density at radius 3 is 2.84 bits per heavy atom. The lowest BCUT2D eigenvalue weighted by atomic mass is 10.2. The van der Waals surface area contributed by atoms with Crippen LogP contribution in [-0.2, 0) is 6.61 Å². The van der Waals surface area contributed by atoms with Crippen LogP contribution >= 0.6 is 27.3 Å². The summed E-state index contributed by atoms with van der Waals surface area (Å²) in [6.07, 6.45) is 0.